The molecule has 2 rings (SSSR count). The summed E-state index contributed by atoms with van der Waals surface area (Å²) >= 11 is 0. The number of nitrogens with two attached hydrogens (primary N) is 1. The Morgan fingerprint density at radius 2 is 2.00 bits per heavy atom. The maximum atomic E-state index is 11.9. The molecule has 0 fully saturated rings. The summed E-state index contributed by atoms with van der Waals surface area (Å²) in [5, 5.41) is 3.95. The second kappa shape index (κ2) is 4.79. The first-order chi connectivity index (χ1) is 8.50. The van der Waals surface area contributed by atoms with Gasteiger partial charge in [0.05, 0.1) is 11.1 Å². The Bertz CT molecular complexity index is 634. The summed E-state index contributed by atoms with van der Waals surface area (Å²) in [6, 6.07) is 8.18. The normalized spacial score (nSPS) is 11.6. The Hall–Kier alpha value is -1.86. The Balaban J connectivity index is 2.13. The van der Waals surface area contributed by atoms with E-state index < -0.39 is 10.0 Å². The van der Waals surface area contributed by atoms with E-state index in [4.69, 9.17) is 5.73 Å². The van der Waals surface area contributed by atoms with Crippen molar-refractivity contribution in [3.8, 4) is 0 Å². The molecule has 0 aliphatic carbocycles. The van der Waals surface area contributed by atoms with Gasteiger partial charge in [0.15, 0.2) is 0 Å². The third kappa shape index (κ3) is 2.52. The van der Waals surface area contributed by atoms with E-state index in [0.717, 1.165) is 0 Å². The van der Waals surface area contributed by atoms with Gasteiger partial charge in [-0.2, -0.15) is 5.10 Å². The zero-order chi connectivity index (χ0) is 13.2. The molecule has 0 aliphatic heterocycles. The third-order valence-electron chi connectivity index (χ3n) is 2.57. The van der Waals surface area contributed by atoms with E-state index >= 15 is 0 Å². The van der Waals surface area contributed by atoms with Crippen LogP contribution in [-0.2, 0) is 23.6 Å². The largest absolute Gasteiger partial charge is 0.384 e. The van der Waals surface area contributed by atoms with Crippen LogP contribution in [0.25, 0.3) is 0 Å². The lowest BCUT2D eigenvalue weighted by Crippen LogP contribution is -2.23. The molecule has 0 saturated heterocycles. The van der Waals surface area contributed by atoms with Gasteiger partial charge in [-0.1, -0.05) is 18.2 Å². The molecule has 6 nitrogen and oxygen atoms in total. The number of anilines is 1. The van der Waals surface area contributed by atoms with E-state index in [9.17, 15) is 8.42 Å². The lowest BCUT2D eigenvalue weighted by molar-refractivity contribution is 0.581. The molecule has 0 amide bonds. The van der Waals surface area contributed by atoms with E-state index in [1.165, 1.54) is 16.8 Å². The van der Waals surface area contributed by atoms with Gasteiger partial charge in [-0.25, -0.2) is 13.1 Å². The van der Waals surface area contributed by atoms with Crippen LogP contribution in [0.4, 0.5) is 5.82 Å². The van der Waals surface area contributed by atoms with Crippen LogP contribution in [0.1, 0.15) is 5.56 Å². The van der Waals surface area contributed by atoms with Crippen LogP contribution in [0.5, 0.6) is 0 Å². The van der Waals surface area contributed by atoms with E-state index in [1.54, 1.807) is 31.4 Å². The van der Waals surface area contributed by atoms with Crippen molar-refractivity contribution < 1.29 is 8.42 Å². The second-order valence-electron chi connectivity index (χ2n) is 3.82. The van der Waals surface area contributed by atoms with Gasteiger partial charge in [0.2, 0.25) is 10.0 Å². The lowest BCUT2D eigenvalue weighted by atomic mass is 10.3. The highest BCUT2D eigenvalue weighted by molar-refractivity contribution is 7.89. The van der Waals surface area contributed by atoms with Gasteiger partial charge < -0.3 is 5.73 Å². The van der Waals surface area contributed by atoms with Crippen LogP contribution in [0.2, 0.25) is 0 Å². The fourth-order valence-corrected chi connectivity index (χ4v) is 2.51. The number of benzene rings is 1. The van der Waals surface area contributed by atoms with Gasteiger partial charge in [-0.3, -0.25) is 4.68 Å². The number of nitrogens with one attached hydrogen (secondary N) is 1. The predicted octanol–water partition coefficient (Wildman–Crippen LogP) is 0.481. The monoisotopic (exact) mass is 266 g/mol. The van der Waals surface area contributed by atoms with E-state index in [1.807, 2.05) is 0 Å². The molecule has 0 unspecified atom stereocenters. The maximum Gasteiger partial charge on any atom is 0.240 e. The number of aromatic nitrogens is 2. The molecule has 3 N–H and O–H groups in total. The first-order valence-electron chi connectivity index (χ1n) is 5.32. The summed E-state index contributed by atoms with van der Waals surface area (Å²) < 4.78 is 27.9. The molecule has 1 aromatic carbocycles. The minimum absolute atomic E-state index is 0.122. The number of nitrogens with zero attached hydrogens (tertiary/aromatic N) is 2. The van der Waals surface area contributed by atoms with Crippen LogP contribution in [-0.4, -0.2) is 18.2 Å². The van der Waals surface area contributed by atoms with Crippen LogP contribution >= 0.6 is 0 Å². The van der Waals surface area contributed by atoms with Crippen LogP contribution < -0.4 is 10.5 Å². The number of aryl methyl sites for hydroxylation is 1. The average molecular weight is 266 g/mol. The van der Waals surface area contributed by atoms with Crippen LogP contribution in [0.15, 0.2) is 41.4 Å². The summed E-state index contributed by atoms with van der Waals surface area (Å²) in [5.74, 6) is 0.450. The van der Waals surface area contributed by atoms with Crippen LogP contribution in [0.3, 0.4) is 0 Å². The smallest absolute Gasteiger partial charge is 0.240 e. The predicted molar refractivity (Wildman–Crippen MR) is 68.1 cm³/mol. The van der Waals surface area contributed by atoms with Gasteiger partial charge >= 0.3 is 0 Å². The van der Waals surface area contributed by atoms with Crippen molar-refractivity contribution in [3.63, 3.8) is 0 Å². The molecule has 0 aliphatic rings. The molecular weight excluding hydrogens is 252 g/mol. The molecule has 7 heteroatoms. The summed E-state index contributed by atoms with van der Waals surface area (Å²) in [7, 11) is -1.81. The quantitative estimate of drug-likeness (QED) is 0.842. The fraction of sp³-hybridized carbons (Fsp3) is 0.182. The number of rotatable bonds is 4. The number of nitrogen functional groups attached to an aromatic ring is 1. The summed E-state index contributed by atoms with van der Waals surface area (Å²) in [5.41, 5.74) is 6.39. The van der Waals surface area contributed by atoms with Gasteiger partial charge in [0, 0.05) is 19.2 Å². The molecule has 0 spiro atoms. The standard InChI is InChI=1S/C11H14N4O2S/c1-15-11(12)9(7-13-15)8-14-18(16,17)10-5-3-2-4-6-10/h2-7,14H,8,12H2,1H3. The van der Waals surface area contributed by atoms with Gasteiger partial charge in [-0.05, 0) is 12.1 Å². The Kier molecular flexibility index (Phi) is 3.35. The van der Waals surface area contributed by atoms with Crippen molar-refractivity contribution in [1.29, 1.82) is 0 Å². The van der Waals surface area contributed by atoms with E-state index in [-0.39, 0.29) is 11.4 Å². The van der Waals surface area contributed by atoms with Crippen molar-refractivity contribution >= 4 is 15.8 Å². The molecule has 0 atom stereocenters. The summed E-state index contributed by atoms with van der Waals surface area (Å²) in [6.07, 6.45) is 1.54. The maximum absolute atomic E-state index is 11.9. The number of hydrogen-bond donors (Lipinski definition) is 2. The fourth-order valence-electron chi connectivity index (χ4n) is 1.48. The Morgan fingerprint density at radius 1 is 1.33 bits per heavy atom. The van der Waals surface area contributed by atoms with E-state index in [2.05, 4.69) is 9.82 Å². The lowest BCUT2D eigenvalue weighted by Gasteiger charge is -2.06. The van der Waals surface area contributed by atoms with E-state index in [0.29, 0.717) is 11.4 Å². The van der Waals surface area contributed by atoms with Crippen molar-refractivity contribution in [2.75, 3.05) is 5.73 Å². The number of sulfonamides is 1. The highest BCUT2D eigenvalue weighted by atomic mass is 32.2. The SMILES string of the molecule is Cn1ncc(CNS(=O)(=O)c2ccccc2)c1N. The zero-order valence-electron chi connectivity index (χ0n) is 9.87. The Morgan fingerprint density at radius 3 is 2.56 bits per heavy atom. The molecule has 18 heavy (non-hydrogen) atoms. The van der Waals surface area contributed by atoms with Crippen molar-refractivity contribution in [1.82, 2.24) is 14.5 Å². The topological polar surface area (TPSA) is 90.0 Å². The average Bonchev–Trinajstić information content (AvgIpc) is 2.69. The Labute approximate surface area is 105 Å². The van der Waals surface area contributed by atoms with Crippen molar-refractivity contribution in [2.45, 2.75) is 11.4 Å². The first kappa shape index (κ1) is 12.6. The minimum Gasteiger partial charge on any atom is -0.384 e. The highest BCUT2D eigenvalue weighted by Crippen LogP contribution is 2.12. The highest BCUT2D eigenvalue weighted by Gasteiger charge is 2.14. The third-order valence-corrected chi connectivity index (χ3v) is 3.99. The molecule has 0 radical (unpaired) electrons. The van der Waals surface area contributed by atoms with Crippen molar-refractivity contribution in [3.05, 3.63) is 42.1 Å². The van der Waals surface area contributed by atoms with Crippen molar-refractivity contribution in [2.24, 2.45) is 7.05 Å². The van der Waals surface area contributed by atoms with Gasteiger partial charge in [0.1, 0.15) is 5.82 Å². The minimum atomic E-state index is -3.51. The van der Waals surface area contributed by atoms with Crippen LogP contribution in [0, 0.1) is 0 Å². The summed E-state index contributed by atoms with van der Waals surface area (Å²) in [4.78, 5) is 0.229. The molecule has 0 bridgehead atoms. The molecular formula is C11H14N4O2S. The van der Waals surface area contributed by atoms with Gasteiger partial charge in [0.25, 0.3) is 0 Å². The zero-order valence-corrected chi connectivity index (χ0v) is 10.7. The molecule has 1 heterocycles. The molecule has 96 valence electrons. The molecule has 0 saturated carbocycles. The van der Waals surface area contributed by atoms with Gasteiger partial charge in [-0.15, -0.1) is 0 Å². The second-order valence-corrected chi connectivity index (χ2v) is 5.58. The number of hydrogen-bond acceptors (Lipinski definition) is 4. The molecule has 2 aromatic rings. The first-order valence-corrected chi connectivity index (χ1v) is 6.80. The molecule has 1 aromatic heterocycles. The summed E-state index contributed by atoms with van der Waals surface area (Å²) in [6.45, 7) is 0.122.